The molecule has 4 heteroatoms. The summed E-state index contributed by atoms with van der Waals surface area (Å²) in [6.07, 6.45) is 3.38. The first-order valence-corrected chi connectivity index (χ1v) is 7.09. The highest BCUT2D eigenvalue weighted by molar-refractivity contribution is 5.41. The Morgan fingerprint density at radius 1 is 1.32 bits per heavy atom. The molecule has 0 bridgehead atoms. The molecule has 1 aromatic carbocycles. The molecule has 1 aliphatic heterocycles. The third-order valence-electron chi connectivity index (χ3n) is 3.63. The van der Waals surface area contributed by atoms with Gasteiger partial charge in [0.25, 0.3) is 0 Å². The zero-order valence-corrected chi connectivity index (χ0v) is 11.4. The van der Waals surface area contributed by atoms with Gasteiger partial charge in [-0.25, -0.2) is 0 Å². The van der Waals surface area contributed by atoms with Crippen molar-refractivity contribution < 1.29 is 9.84 Å². The summed E-state index contributed by atoms with van der Waals surface area (Å²) in [5.74, 6) is 1.34. The van der Waals surface area contributed by atoms with Crippen LogP contribution >= 0.6 is 0 Å². The molecule has 1 fully saturated rings. The van der Waals surface area contributed by atoms with Crippen molar-refractivity contribution in [3.8, 4) is 5.75 Å². The zero-order valence-electron chi connectivity index (χ0n) is 11.4. The molecule has 0 aliphatic carbocycles. The molecule has 1 heterocycles. The van der Waals surface area contributed by atoms with E-state index in [-0.39, 0.29) is 0 Å². The first-order valence-electron chi connectivity index (χ1n) is 7.09. The lowest BCUT2D eigenvalue weighted by atomic mass is 9.99. The maximum Gasteiger partial charge on any atom is 0.119 e. The van der Waals surface area contributed by atoms with Crippen molar-refractivity contribution in [3.05, 3.63) is 24.3 Å². The molecular weight excluding hydrogens is 240 g/mol. The Kier molecular flexibility index (Phi) is 5.48. The molecule has 0 amide bonds. The Bertz CT molecular complexity index is 367. The summed E-state index contributed by atoms with van der Waals surface area (Å²) in [5.41, 5.74) is 6.38. The molecule has 3 N–H and O–H groups in total. The largest absolute Gasteiger partial charge is 0.494 e. The number of nitrogens with two attached hydrogens (primary N) is 1. The standard InChI is InChI=1S/C15H24N2O2/c16-14-4-6-15(7-5-14)19-10-2-9-17-8-1-3-13(11-17)12-18/h4-7,13,18H,1-3,8-12,16H2. The predicted molar refractivity (Wildman–Crippen MR) is 77.2 cm³/mol. The molecule has 19 heavy (non-hydrogen) atoms. The monoisotopic (exact) mass is 264 g/mol. The number of piperidine rings is 1. The highest BCUT2D eigenvalue weighted by Crippen LogP contribution is 2.16. The average Bonchev–Trinajstić information content (AvgIpc) is 2.46. The number of benzene rings is 1. The van der Waals surface area contributed by atoms with Crippen LogP contribution < -0.4 is 10.5 Å². The Labute approximate surface area is 115 Å². The molecule has 1 saturated heterocycles. The quantitative estimate of drug-likeness (QED) is 0.607. The number of ether oxygens (including phenoxy) is 1. The second kappa shape index (κ2) is 7.36. The van der Waals surface area contributed by atoms with Crippen molar-refractivity contribution in [3.63, 3.8) is 0 Å². The van der Waals surface area contributed by atoms with Crippen LogP contribution in [0.15, 0.2) is 24.3 Å². The Morgan fingerprint density at radius 3 is 2.84 bits per heavy atom. The lowest BCUT2D eigenvalue weighted by Gasteiger charge is -2.31. The van der Waals surface area contributed by atoms with Crippen molar-refractivity contribution in [2.45, 2.75) is 19.3 Å². The van der Waals surface area contributed by atoms with Crippen molar-refractivity contribution >= 4 is 5.69 Å². The maximum absolute atomic E-state index is 9.19. The number of aliphatic hydroxyl groups is 1. The molecule has 0 saturated carbocycles. The number of nitrogens with zero attached hydrogens (tertiary/aromatic N) is 1. The van der Waals surface area contributed by atoms with Gasteiger partial charge in [0.05, 0.1) is 6.61 Å². The van der Waals surface area contributed by atoms with Gasteiger partial charge in [0.1, 0.15) is 5.75 Å². The fourth-order valence-electron chi connectivity index (χ4n) is 2.55. The molecule has 0 spiro atoms. The first-order chi connectivity index (χ1) is 9.28. The highest BCUT2D eigenvalue weighted by Gasteiger charge is 2.18. The normalized spacial score (nSPS) is 20.4. The van der Waals surface area contributed by atoms with Crippen LogP contribution in [0.25, 0.3) is 0 Å². The van der Waals surface area contributed by atoms with E-state index < -0.39 is 0 Å². The van der Waals surface area contributed by atoms with Gasteiger partial charge < -0.3 is 20.5 Å². The van der Waals surface area contributed by atoms with Crippen molar-refractivity contribution in [1.82, 2.24) is 4.90 Å². The number of hydrogen-bond donors (Lipinski definition) is 2. The van der Waals surface area contributed by atoms with Gasteiger partial charge in [-0.05, 0) is 56.0 Å². The molecule has 1 aliphatic rings. The fraction of sp³-hybridized carbons (Fsp3) is 0.600. The van der Waals surface area contributed by atoms with Gasteiger partial charge in [0, 0.05) is 25.4 Å². The van der Waals surface area contributed by atoms with Gasteiger partial charge in [-0.1, -0.05) is 0 Å². The average molecular weight is 264 g/mol. The fourth-order valence-corrected chi connectivity index (χ4v) is 2.55. The number of nitrogen functional groups attached to an aromatic ring is 1. The molecule has 106 valence electrons. The van der Waals surface area contributed by atoms with E-state index in [4.69, 9.17) is 10.5 Å². The number of aliphatic hydroxyl groups excluding tert-OH is 1. The van der Waals surface area contributed by atoms with Gasteiger partial charge in [0.2, 0.25) is 0 Å². The summed E-state index contributed by atoms with van der Waals surface area (Å²) in [4.78, 5) is 2.43. The van der Waals surface area contributed by atoms with E-state index in [0.717, 1.165) is 50.5 Å². The van der Waals surface area contributed by atoms with Crippen molar-refractivity contribution in [2.75, 3.05) is 38.6 Å². The number of likely N-dealkylation sites (tertiary alicyclic amines) is 1. The highest BCUT2D eigenvalue weighted by atomic mass is 16.5. The summed E-state index contributed by atoms with van der Waals surface area (Å²) in [7, 11) is 0. The third kappa shape index (κ3) is 4.73. The van der Waals surface area contributed by atoms with E-state index in [9.17, 15) is 5.11 Å². The minimum Gasteiger partial charge on any atom is -0.494 e. The molecule has 4 nitrogen and oxygen atoms in total. The summed E-state index contributed by atoms with van der Waals surface area (Å²) < 4.78 is 5.67. The third-order valence-corrected chi connectivity index (χ3v) is 3.63. The van der Waals surface area contributed by atoms with E-state index in [2.05, 4.69) is 4.90 Å². The second-order valence-corrected chi connectivity index (χ2v) is 5.26. The number of hydrogen-bond acceptors (Lipinski definition) is 4. The van der Waals surface area contributed by atoms with Gasteiger partial charge >= 0.3 is 0 Å². The SMILES string of the molecule is Nc1ccc(OCCCN2CCCC(CO)C2)cc1. The second-order valence-electron chi connectivity index (χ2n) is 5.26. The summed E-state index contributed by atoms with van der Waals surface area (Å²) in [6, 6.07) is 7.51. The minimum atomic E-state index is 0.318. The zero-order chi connectivity index (χ0) is 13.5. The van der Waals surface area contributed by atoms with Crippen LogP contribution in [-0.2, 0) is 0 Å². The van der Waals surface area contributed by atoms with Crippen LogP contribution in [0, 0.1) is 5.92 Å². The molecule has 1 atom stereocenters. The number of rotatable bonds is 6. The van der Waals surface area contributed by atoms with Crippen molar-refractivity contribution in [1.29, 1.82) is 0 Å². The van der Waals surface area contributed by atoms with E-state index in [1.807, 2.05) is 24.3 Å². The summed E-state index contributed by atoms with van der Waals surface area (Å²) in [5, 5.41) is 9.19. The van der Waals surface area contributed by atoms with E-state index in [1.54, 1.807) is 0 Å². The van der Waals surface area contributed by atoms with Crippen molar-refractivity contribution in [2.24, 2.45) is 5.92 Å². The first kappa shape index (κ1) is 14.2. The van der Waals surface area contributed by atoms with Crippen LogP contribution in [0.5, 0.6) is 5.75 Å². The van der Waals surface area contributed by atoms with E-state index >= 15 is 0 Å². The van der Waals surface area contributed by atoms with Gasteiger partial charge in [-0.3, -0.25) is 0 Å². The van der Waals surface area contributed by atoms with Crippen LogP contribution in [0.4, 0.5) is 5.69 Å². The predicted octanol–water partition coefficient (Wildman–Crippen LogP) is 1.74. The molecule has 1 aromatic rings. The van der Waals surface area contributed by atoms with E-state index in [1.165, 1.54) is 6.42 Å². The molecule has 0 aromatic heterocycles. The maximum atomic E-state index is 9.19. The molecule has 1 unspecified atom stereocenters. The van der Waals surface area contributed by atoms with Crippen LogP contribution in [0.3, 0.4) is 0 Å². The van der Waals surface area contributed by atoms with Crippen LogP contribution in [0.1, 0.15) is 19.3 Å². The lowest BCUT2D eigenvalue weighted by molar-refractivity contribution is 0.115. The minimum absolute atomic E-state index is 0.318. The molecular formula is C15H24N2O2. The van der Waals surface area contributed by atoms with Gasteiger partial charge in [-0.15, -0.1) is 0 Å². The lowest BCUT2D eigenvalue weighted by Crippen LogP contribution is -2.37. The molecule has 0 radical (unpaired) electrons. The Hall–Kier alpha value is -1.26. The van der Waals surface area contributed by atoms with Gasteiger partial charge in [-0.2, -0.15) is 0 Å². The van der Waals surface area contributed by atoms with E-state index in [0.29, 0.717) is 12.5 Å². The summed E-state index contributed by atoms with van der Waals surface area (Å²) in [6.45, 7) is 4.27. The summed E-state index contributed by atoms with van der Waals surface area (Å²) >= 11 is 0. The topological polar surface area (TPSA) is 58.7 Å². The van der Waals surface area contributed by atoms with Crippen LogP contribution in [-0.4, -0.2) is 42.9 Å². The smallest absolute Gasteiger partial charge is 0.119 e. The number of anilines is 1. The van der Waals surface area contributed by atoms with Crippen LogP contribution in [0.2, 0.25) is 0 Å². The van der Waals surface area contributed by atoms with Gasteiger partial charge in [0.15, 0.2) is 0 Å². The Morgan fingerprint density at radius 2 is 2.11 bits per heavy atom. The molecule has 2 rings (SSSR count). The Balaban J connectivity index is 1.62.